The number of benzene rings is 2. The summed E-state index contributed by atoms with van der Waals surface area (Å²) in [7, 11) is 0. The summed E-state index contributed by atoms with van der Waals surface area (Å²) in [6, 6.07) is 15.5. The summed E-state index contributed by atoms with van der Waals surface area (Å²) in [4.78, 5) is 5.82. The van der Waals surface area contributed by atoms with Gasteiger partial charge in [-0.1, -0.05) is 30.3 Å². The molecular weight excluding hydrogens is 287 g/mol. The summed E-state index contributed by atoms with van der Waals surface area (Å²) in [5, 5.41) is 1.36. The fraction of sp³-hybridized carbons (Fsp3) is 0.300. The number of nitrogens with zero attached hydrogens (tertiary/aromatic N) is 1. The van der Waals surface area contributed by atoms with Crippen molar-refractivity contribution in [3.63, 3.8) is 0 Å². The number of H-pyrrole nitrogens is 1. The molecule has 1 fully saturated rings. The maximum Gasteiger partial charge on any atom is 0.123 e. The molecule has 1 aliphatic rings. The third-order valence-electron chi connectivity index (χ3n) is 4.94. The highest BCUT2D eigenvalue weighted by atomic mass is 19.1. The van der Waals surface area contributed by atoms with Crippen LogP contribution in [0.3, 0.4) is 0 Å². The summed E-state index contributed by atoms with van der Waals surface area (Å²) in [6.45, 7) is 2.99. The first kappa shape index (κ1) is 14.5. The molecule has 1 N–H and O–H groups in total. The van der Waals surface area contributed by atoms with Crippen LogP contribution in [0.2, 0.25) is 0 Å². The third-order valence-corrected chi connectivity index (χ3v) is 4.94. The number of fused-ring (bicyclic) bond motifs is 1. The highest BCUT2D eigenvalue weighted by Crippen LogP contribution is 2.33. The van der Waals surface area contributed by atoms with Crippen molar-refractivity contribution in [1.82, 2.24) is 9.88 Å². The zero-order chi connectivity index (χ0) is 15.6. The Morgan fingerprint density at radius 3 is 2.70 bits per heavy atom. The van der Waals surface area contributed by atoms with Gasteiger partial charge in [0.2, 0.25) is 0 Å². The number of hydrogen-bond acceptors (Lipinski definition) is 1. The summed E-state index contributed by atoms with van der Waals surface area (Å²) in [6.07, 6.45) is 4.51. The minimum Gasteiger partial charge on any atom is -0.361 e. The normalized spacial score (nSPS) is 16.9. The first-order valence-corrected chi connectivity index (χ1v) is 8.32. The van der Waals surface area contributed by atoms with Crippen molar-refractivity contribution in [2.24, 2.45) is 0 Å². The van der Waals surface area contributed by atoms with Gasteiger partial charge in [-0.2, -0.15) is 0 Å². The monoisotopic (exact) mass is 308 g/mol. The summed E-state index contributed by atoms with van der Waals surface area (Å²) < 4.78 is 13.3. The number of hydrogen-bond donors (Lipinski definition) is 1. The lowest BCUT2D eigenvalue weighted by atomic mass is 9.89. The van der Waals surface area contributed by atoms with Crippen molar-refractivity contribution in [3.8, 4) is 0 Å². The van der Waals surface area contributed by atoms with Crippen LogP contribution < -0.4 is 0 Å². The van der Waals surface area contributed by atoms with Crippen LogP contribution in [0.5, 0.6) is 0 Å². The van der Waals surface area contributed by atoms with Crippen LogP contribution in [0.1, 0.15) is 29.9 Å². The standard InChI is InChI=1S/C20H21FN2/c21-17-5-3-4-15(12-17)14-23-10-8-16(9-11-23)19-13-22-20-7-2-1-6-18(19)20/h1-7,12-13,16,22H,8-11,14H2. The van der Waals surface area contributed by atoms with Gasteiger partial charge in [-0.3, -0.25) is 4.90 Å². The number of para-hydroxylation sites is 1. The lowest BCUT2D eigenvalue weighted by Gasteiger charge is -2.32. The van der Waals surface area contributed by atoms with Crippen molar-refractivity contribution in [3.05, 3.63) is 71.7 Å². The number of rotatable bonds is 3. The Labute approximate surface area is 135 Å². The molecule has 1 aliphatic heterocycles. The van der Waals surface area contributed by atoms with Gasteiger partial charge >= 0.3 is 0 Å². The summed E-state index contributed by atoms with van der Waals surface area (Å²) in [5.41, 5.74) is 3.74. The second-order valence-corrected chi connectivity index (χ2v) is 6.47. The van der Waals surface area contributed by atoms with Crippen molar-refractivity contribution in [1.29, 1.82) is 0 Å². The SMILES string of the molecule is Fc1cccc(CN2CCC(c3c[nH]c4ccccc34)CC2)c1. The number of likely N-dealkylation sites (tertiary alicyclic amines) is 1. The Bertz CT molecular complexity index is 800. The van der Waals surface area contributed by atoms with E-state index in [0.717, 1.165) is 38.0 Å². The molecule has 0 spiro atoms. The Morgan fingerprint density at radius 1 is 1.04 bits per heavy atom. The van der Waals surface area contributed by atoms with Crippen LogP contribution in [0.4, 0.5) is 4.39 Å². The van der Waals surface area contributed by atoms with Gasteiger partial charge in [0, 0.05) is 23.6 Å². The Kier molecular flexibility index (Phi) is 3.88. The van der Waals surface area contributed by atoms with E-state index in [1.165, 1.54) is 22.5 Å². The lowest BCUT2D eigenvalue weighted by Crippen LogP contribution is -2.32. The molecule has 1 saturated heterocycles. The molecule has 2 heterocycles. The van der Waals surface area contributed by atoms with Crippen molar-refractivity contribution < 1.29 is 4.39 Å². The minimum absolute atomic E-state index is 0.142. The minimum atomic E-state index is -0.142. The first-order chi connectivity index (χ1) is 11.3. The highest BCUT2D eigenvalue weighted by molar-refractivity contribution is 5.83. The number of aromatic amines is 1. The van der Waals surface area contributed by atoms with Gasteiger partial charge in [0.05, 0.1) is 0 Å². The zero-order valence-electron chi connectivity index (χ0n) is 13.1. The molecule has 23 heavy (non-hydrogen) atoms. The van der Waals surface area contributed by atoms with E-state index >= 15 is 0 Å². The molecular formula is C20H21FN2. The average molecular weight is 308 g/mol. The van der Waals surface area contributed by atoms with E-state index < -0.39 is 0 Å². The molecule has 0 saturated carbocycles. The van der Waals surface area contributed by atoms with Crippen molar-refractivity contribution in [2.45, 2.75) is 25.3 Å². The Balaban J connectivity index is 1.43. The number of piperidine rings is 1. The molecule has 0 aliphatic carbocycles. The van der Waals surface area contributed by atoms with Gasteiger partial charge in [-0.25, -0.2) is 4.39 Å². The molecule has 0 amide bonds. The maximum atomic E-state index is 13.3. The summed E-state index contributed by atoms with van der Waals surface area (Å²) >= 11 is 0. The van der Waals surface area contributed by atoms with Crippen LogP contribution in [-0.4, -0.2) is 23.0 Å². The number of nitrogens with one attached hydrogen (secondary N) is 1. The van der Waals surface area contributed by atoms with E-state index in [1.807, 2.05) is 6.07 Å². The fourth-order valence-corrected chi connectivity index (χ4v) is 3.73. The van der Waals surface area contributed by atoms with Crippen LogP contribution in [0.25, 0.3) is 10.9 Å². The van der Waals surface area contributed by atoms with Crippen LogP contribution in [0.15, 0.2) is 54.7 Å². The maximum absolute atomic E-state index is 13.3. The van der Waals surface area contributed by atoms with E-state index in [0.29, 0.717) is 5.92 Å². The van der Waals surface area contributed by atoms with E-state index in [1.54, 1.807) is 12.1 Å². The highest BCUT2D eigenvalue weighted by Gasteiger charge is 2.22. The predicted molar refractivity (Wildman–Crippen MR) is 92.0 cm³/mol. The molecule has 0 unspecified atom stereocenters. The van der Waals surface area contributed by atoms with Crippen molar-refractivity contribution >= 4 is 10.9 Å². The molecule has 0 radical (unpaired) electrons. The molecule has 4 rings (SSSR count). The summed E-state index contributed by atoms with van der Waals surface area (Å²) in [5.74, 6) is 0.478. The van der Waals surface area contributed by atoms with E-state index in [4.69, 9.17) is 0 Å². The average Bonchev–Trinajstić information content (AvgIpc) is 3.00. The second kappa shape index (κ2) is 6.17. The predicted octanol–water partition coefficient (Wildman–Crippen LogP) is 4.69. The Hall–Kier alpha value is -2.13. The largest absolute Gasteiger partial charge is 0.361 e. The quantitative estimate of drug-likeness (QED) is 0.744. The van der Waals surface area contributed by atoms with Crippen LogP contribution >= 0.6 is 0 Å². The molecule has 2 nitrogen and oxygen atoms in total. The van der Waals surface area contributed by atoms with Gasteiger partial charge in [0.25, 0.3) is 0 Å². The lowest BCUT2D eigenvalue weighted by molar-refractivity contribution is 0.205. The topological polar surface area (TPSA) is 19.0 Å². The molecule has 0 atom stereocenters. The van der Waals surface area contributed by atoms with Crippen molar-refractivity contribution in [2.75, 3.05) is 13.1 Å². The van der Waals surface area contributed by atoms with E-state index in [9.17, 15) is 4.39 Å². The molecule has 3 aromatic rings. The third kappa shape index (κ3) is 3.02. The van der Waals surface area contributed by atoms with E-state index in [-0.39, 0.29) is 5.82 Å². The van der Waals surface area contributed by atoms with Crippen LogP contribution in [-0.2, 0) is 6.54 Å². The zero-order valence-corrected chi connectivity index (χ0v) is 13.1. The first-order valence-electron chi connectivity index (χ1n) is 8.32. The van der Waals surface area contributed by atoms with Gasteiger partial charge in [-0.15, -0.1) is 0 Å². The molecule has 0 bridgehead atoms. The van der Waals surface area contributed by atoms with Gasteiger partial charge in [-0.05, 0) is 61.2 Å². The van der Waals surface area contributed by atoms with E-state index in [2.05, 4.69) is 40.3 Å². The molecule has 3 heteroatoms. The number of aromatic nitrogens is 1. The van der Waals surface area contributed by atoms with Gasteiger partial charge < -0.3 is 4.98 Å². The number of halogens is 1. The fourth-order valence-electron chi connectivity index (χ4n) is 3.73. The van der Waals surface area contributed by atoms with Gasteiger partial charge in [0.15, 0.2) is 0 Å². The second-order valence-electron chi connectivity index (χ2n) is 6.47. The molecule has 118 valence electrons. The molecule has 1 aromatic heterocycles. The Morgan fingerprint density at radius 2 is 1.87 bits per heavy atom. The molecule has 2 aromatic carbocycles. The smallest absolute Gasteiger partial charge is 0.123 e. The van der Waals surface area contributed by atoms with Crippen LogP contribution in [0, 0.1) is 5.82 Å². The van der Waals surface area contributed by atoms with Gasteiger partial charge in [0.1, 0.15) is 5.82 Å².